The Hall–Kier alpha value is -4.34. The Labute approximate surface area is 232 Å². The zero-order valence-corrected chi connectivity index (χ0v) is 22.6. The van der Waals surface area contributed by atoms with Crippen molar-refractivity contribution < 1.29 is 14.3 Å². The summed E-state index contributed by atoms with van der Waals surface area (Å²) >= 11 is 0. The second-order valence-corrected chi connectivity index (χ2v) is 11.3. The molecule has 2 atom stereocenters. The monoisotopic (exact) mass is 540 g/mol. The molecule has 2 fully saturated rings. The lowest BCUT2D eigenvalue weighted by molar-refractivity contribution is 0.0196. The third-order valence-corrected chi connectivity index (χ3v) is 7.79. The minimum atomic E-state index is -0.926. The van der Waals surface area contributed by atoms with Crippen LogP contribution in [0.25, 0.3) is 27.0 Å². The molecule has 1 N–H and O–H groups in total. The fraction of sp³-hybridized carbons (Fsp3) is 0.414. The molecule has 2 heterocycles. The van der Waals surface area contributed by atoms with Gasteiger partial charge in [0, 0.05) is 34.6 Å². The molecule has 0 bridgehead atoms. The van der Waals surface area contributed by atoms with Crippen molar-refractivity contribution in [2.75, 3.05) is 6.54 Å². The van der Waals surface area contributed by atoms with E-state index in [-0.39, 0.29) is 30.6 Å². The van der Waals surface area contributed by atoms with Crippen LogP contribution >= 0.6 is 0 Å². The Morgan fingerprint density at radius 1 is 1.12 bits per heavy atom. The number of aromatic nitrogens is 2. The van der Waals surface area contributed by atoms with Gasteiger partial charge in [0.25, 0.3) is 5.91 Å². The van der Waals surface area contributed by atoms with Gasteiger partial charge in [0.1, 0.15) is 5.60 Å². The van der Waals surface area contributed by atoms with Crippen LogP contribution in [0.4, 0.5) is 4.79 Å². The maximum absolute atomic E-state index is 14.1. The summed E-state index contributed by atoms with van der Waals surface area (Å²) in [6.07, 6.45) is 7.36. The predicted octanol–water partition coefficient (Wildman–Crippen LogP) is 5.48. The second kappa shape index (κ2) is 10.3. The summed E-state index contributed by atoms with van der Waals surface area (Å²) in [7, 11) is 0. The lowest BCUT2D eigenvalue weighted by atomic mass is 9.86. The van der Waals surface area contributed by atoms with Crippen LogP contribution in [0.15, 0.2) is 71.6 Å². The Kier molecular flexibility index (Phi) is 6.69. The van der Waals surface area contributed by atoms with Crippen molar-refractivity contribution in [2.24, 2.45) is 5.11 Å². The molecule has 1 aliphatic heterocycles. The van der Waals surface area contributed by atoms with Crippen LogP contribution in [0.2, 0.25) is 0 Å². The van der Waals surface area contributed by atoms with Crippen molar-refractivity contribution in [3.05, 3.63) is 82.5 Å². The molecule has 2 aromatic carbocycles. The number of ether oxygens (including phenoxy) is 1. The Bertz CT molecular complexity index is 1520. The minimum Gasteiger partial charge on any atom is -0.442 e. The number of hydrogen-bond acceptors (Lipinski definition) is 6. The predicted molar refractivity (Wildman–Crippen MR) is 149 cm³/mol. The standard InChI is InChI=1S/C29H32N8O3/c1-29(2,18-31-34-30)40-28(39)35-17-19-15-22(13-14-25(19)33-35)36(20-11-12-20)27(38)23-9-6-10-26-24(23)16-32-37(26)21-7-4-3-5-8-21/h3-10,16-17,20,22,25,33H,11-15,18H2,1-2H3. The quantitative estimate of drug-likeness (QED) is 0.241. The Balaban J connectivity index is 1.21. The molecule has 0 radical (unpaired) electrons. The zero-order chi connectivity index (χ0) is 27.9. The van der Waals surface area contributed by atoms with E-state index in [1.165, 1.54) is 5.01 Å². The van der Waals surface area contributed by atoms with Crippen LogP contribution in [0, 0.1) is 0 Å². The van der Waals surface area contributed by atoms with Crippen LogP contribution < -0.4 is 5.43 Å². The van der Waals surface area contributed by atoms with E-state index in [1.54, 1.807) is 26.2 Å². The summed E-state index contributed by atoms with van der Waals surface area (Å²) in [5.41, 5.74) is 14.5. The van der Waals surface area contributed by atoms with E-state index in [0.29, 0.717) is 12.0 Å². The van der Waals surface area contributed by atoms with E-state index in [0.717, 1.165) is 47.8 Å². The van der Waals surface area contributed by atoms with Gasteiger partial charge in [-0.3, -0.25) is 4.79 Å². The first kappa shape index (κ1) is 25.9. The van der Waals surface area contributed by atoms with Crippen molar-refractivity contribution in [2.45, 2.75) is 69.7 Å². The molecule has 206 valence electrons. The number of nitrogens with one attached hydrogen (secondary N) is 1. The minimum absolute atomic E-state index is 0.0210. The number of hydrazine groups is 1. The average Bonchev–Trinajstić information content (AvgIpc) is 3.53. The highest BCUT2D eigenvalue weighted by atomic mass is 16.6. The van der Waals surface area contributed by atoms with Crippen molar-refractivity contribution in [1.29, 1.82) is 0 Å². The van der Waals surface area contributed by atoms with Gasteiger partial charge in [0.15, 0.2) is 0 Å². The number of hydrogen-bond donors (Lipinski definition) is 1. The third kappa shape index (κ3) is 5.01. The second-order valence-electron chi connectivity index (χ2n) is 11.3. The maximum atomic E-state index is 14.1. The average molecular weight is 541 g/mol. The molecular formula is C29H32N8O3. The maximum Gasteiger partial charge on any atom is 0.429 e. The van der Waals surface area contributed by atoms with Crippen molar-refractivity contribution >= 4 is 22.9 Å². The molecule has 11 heteroatoms. The lowest BCUT2D eigenvalue weighted by Gasteiger charge is -2.37. The van der Waals surface area contributed by atoms with E-state index >= 15 is 0 Å². The van der Waals surface area contributed by atoms with E-state index in [2.05, 4.69) is 25.5 Å². The van der Waals surface area contributed by atoms with Gasteiger partial charge in [-0.15, -0.1) is 0 Å². The molecule has 2 aliphatic carbocycles. The summed E-state index contributed by atoms with van der Waals surface area (Å²) in [5.74, 6) is 0.0341. The van der Waals surface area contributed by atoms with E-state index in [1.807, 2.05) is 53.2 Å². The summed E-state index contributed by atoms with van der Waals surface area (Å²) in [6, 6.07) is 16.0. The number of amides is 2. The van der Waals surface area contributed by atoms with Gasteiger partial charge >= 0.3 is 6.09 Å². The first-order valence-electron chi connectivity index (χ1n) is 13.7. The van der Waals surface area contributed by atoms with Gasteiger partial charge in [0.05, 0.1) is 29.5 Å². The highest BCUT2D eigenvalue weighted by Crippen LogP contribution is 2.39. The summed E-state index contributed by atoms with van der Waals surface area (Å²) in [5, 5.41) is 10.4. The molecule has 11 nitrogen and oxygen atoms in total. The van der Waals surface area contributed by atoms with Crippen molar-refractivity contribution in [3.63, 3.8) is 0 Å². The van der Waals surface area contributed by atoms with Crippen LogP contribution in [-0.2, 0) is 4.74 Å². The zero-order valence-electron chi connectivity index (χ0n) is 22.6. The molecule has 40 heavy (non-hydrogen) atoms. The molecule has 2 amide bonds. The number of carbonyl (C=O) groups is 2. The van der Waals surface area contributed by atoms with Crippen LogP contribution in [0.1, 0.15) is 56.3 Å². The Morgan fingerprint density at radius 3 is 2.65 bits per heavy atom. The number of para-hydroxylation sites is 1. The van der Waals surface area contributed by atoms with E-state index < -0.39 is 11.7 Å². The normalized spacial score (nSPS) is 20.4. The van der Waals surface area contributed by atoms with Crippen LogP contribution in [-0.4, -0.2) is 62.0 Å². The summed E-state index contributed by atoms with van der Waals surface area (Å²) in [4.78, 5) is 31.8. The number of benzene rings is 2. The first-order valence-corrected chi connectivity index (χ1v) is 13.7. The van der Waals surface area contributed by atoms with Gasteiger partial charge in [-0.1, -0.05) is 29.4 Å². The number of fused-ring (bicyclic) bond motifs is 2. The van der Waals surface area contributed by atoms with Gasteiger partial charge in [-0.2, -0.15) is 5.10 Å². The SMILES string of the molecule is CC(C)(CN=[N+]=[N-])OC(=O)N1C=C2CC(N(C(=O)c3cccc4c3cnn4-c3ccccc3)C3CC3)CCC2N1. The molecule has 3 aliphatic rings. The third-order valence-electron chi connectivity index (χ3n) is 7.79. The highest BCUT2D eigenvalue weighted by Gasteiger charge is 2.43. The smallest absolute Gasteiger partial charge is 0.429 e. The summed E-state index contributed by atoms with van der Waals surface area (Å²) in [6.45, 7) is 3.45. The highest BCUT2D eigenvalue weighted by molar-refractivity contribution is 6.06. The fourth-order valence-electron chi connectivity index (χ4n) is 5.72. The molecule has 3 aromatic rings. The van der Waals surface area contributed by atoms with E-state index in [4.69, 9.17) is 10.3 Å². The first-order chi connectivity index (χ1) is 19.3. The topological polar surface area (TPSA) is 128 Å². The van der Waals surface area contributed by atoms with Crippen LogP contribution in [0.3, 0.4) is 0 Å². The number of nitrogens with zero attached hydrogens (tertiary/aromatic N) is 7. The van der Waals surface area contributed by atoms with Crippen LogP contribution in [0.5, 0.6) is 0 Å². The number of carbonyl (C=O) groups excluding carboxylic acids is 2. The van der Waals surface area contributed by atoms with Gasteiger partial charge < -0.3 is 9.64 Å². The molecule has 6 rings (SSSR count). The molecular weight excluding hydrogens is 508 g/mol. The van der Waals surface area contributed by atoms with Gasteiger partial charge in [-0.25, -0.2) is 19.9 Å². The molecule has 0 saturated heterocycles. The number of rotatable bonds is 7. The van der Waals surface area contributed by atoms with Gasteiger partial charge in [-0.05, 0) is 81.3 Å². The Morgan fingerprint density at radius 2 is 1.90 bits per heavy atom. The molecule has 2 unspecified atom stereocenters. The fourth-order valence-corrected chi connectivity index (χ4v) is 5.72. The molecule has 2 saturated carbocycles. The van der Waals surface area contributed by atoms with E-state index in [9.17, 15) is 9.59 Å². The van der Waals surface area contributed by atoms with Gasteiger partial charge in [0.2, 0.25) is 0 Å². The van der Waals surface area contributed by atoms with Crippen molar-refractivity contribution in [3.8, 4) is 5.69 Å². The largest absolute Gasteiger partial charge is 0.442 e. The molecule has 0 spiro atoms. The molecule has 1 aromatic heterocycles. The number of azide groups is 1. The summed E-state index contributed by atoms with van der Waals surface area (Å²) < 4.78 is 7.44. The van der Waals surface area contributed by atoms with Crippen molar-refractivity contribution in [1.82, 2.24) is 25.1 Å². The lowest BCUT2D eigenvalue weighted by Crippen LogP contribution is -2.48.